The minimum Gasteiger partial charge on any atom is -0.493 e. The molecule has 0 aromatic heterocycles. The van der Waals surface area contributed by atoms with Gasteiger partial charge in [-0.3, -0.25) is 10.1 Å². The van der Waals surface area contributed by atoms with Gasteiger partial charge < -0.3 is 19.5 Å². The van der Waals surface area contributed by atoms with Crippen LogP contribution in [0.15, 0.2) is 18.2 Å². The largest absolute Gasteiger partial charge is 0.493 e. The second-order valence-electron chi connectivity index (χ2n) is 5.23. The van der Waals surface area contributed by atoms with Gasteiger partial charge >= 0.3 is 12.0 Å². The number of benzene rings is 1. The van der Waals surface area contributed by atoms with Crippen LogP contribution in [0.4, 0.5) is 4.79 Å². The van der Waals surface area contributed by atoms with E-state index in [1.54, 1.807) is 13.8 Å². The summed E-state index contributed by atoms with van der Waals surface area (Å²) in [5.41, 5.74) is 0.287. The lowest BCUT2D eigenvalue weighted by Crippen LogP contribution is -2.47. The molecule has 0 heterocycles. The molecule has 0 fully saturated rings. The van der Waals surface area contributed by atoms with E-state index in [0.29, 0.717) is 0 Å². The quantitative estimate of drug-likeness (QED) is 0.762. The standard InChI is InChI=1S/C16H22N2O6/c1-9(2)17-16(21)18-14(19)10(3)24-12-7-6-11(15(20)23-5)8-13(12)22-4/h6-10H,1-5H3,(H2,17,18,19,21)/t10-/m0/s1. The summed E-state index contributed by atoms with van der Waals surface area (Å²) in [7, 11) is 2.68. The van der Waals surface area contributed by atoms with Crippen LogP contribution in [0.1, 0.15) is 31.1 Å². The SMILES string of the molecule is COC(=O)c1ccc(O[C@@H](C)C(=O)NC(=O)NC(C)C)c(OC)c1. The molecule has 0 saturated carbocycles. The number of carbonyl (C=O) groups excluding carboxylic acids is 3. The zero-order chi connectivity index (χ0) is 18.3. The molecule has 3 amide bonds. The minimum atomic E-state index is -0.944. The number of rotatable bonds is 6. The first-order chi connectivity index (χ1) is 11.3. The van der Waals surface area contributed by atoms with Crippen LogP contribution in [0.3, 0.4) is 0 Å². The zero-order valence-electron chi connectivity index (χ0n) is 14.3. The maximum absolute atomic E-state index is 11.9. The normalized spacial score (nSPS) is 11.4. The number of carbonyl (C=O) groups is 3. The van der Waals surface area contributed by atoms with Gasteiger partial charge in [0.2, 0.25) is 0 Å². The van der Waals surface area contributed by atoms with Crippen molar-refractivity contribution in [1.29, 1.82) is 0 Å². The van der Waals surface area contributed by atoms with E-state index in [0.717, 1.165) is 0 Å². The van der Waals surface area contributed by atoms with Crippen molar-refractivity contribution in [2.24, 2.45) is 0 Å². The van der Waals surface area contributed by atoms with Gasteiger partial charge in [-0.1, -0.05) is 0 Å². The lowest BCUT2D eigenvalue weighted by Gasteiger charge is -2.17. The van der Waals surface area contributed by atoms with Gasteiger partial charge in [0.1, 0.15) is 0 Å². The first-order valence-electron chi connectivity index (χ1n) is 7.32. The third-order valence-corrected chi connectivity index (χ3v) is 2.91. The van der Waals surface area contributed by atoms with Crippen LogP contribution in [0, 0.1) is 0 Å². The molecule has 8 nitrogen and oxygen atoms in total. The van der Waals surface area contributed by atoms with E-state index in [1.807, 2.05) is 0 Å². The summed E-state index contributed by atoms with van der Waals surface area (Å²) in [6, 6.07) is 3.72. The molecule has 0 unspecified atom stereocenters. The van der Waals surface area contributed by atoms with Gasteiger partial charge in [-0.05, 0) is 39.0 Å². The van der Waals surface area contributed by atoms with Crippen LogP contribution < -0.4 is 20.1 Å². The molecule has 0 aliphatic heterocycles. The molecule has 0 spiro atoms. The van der Waals surface area contributed by atoms with Gasteiger partial charge in [-0.15, -0.1) is 0 Å². The van der Waals surface area contributed by atoms with Crippen LogP contribution in [0.2, 0.25) is 0 Å². The first-order valence-corrected chi connectivity index (χ1v) is 7.32. The molecule has 1 aromatic rings. The number of urea groups is 1. The summed E-state index contributed by atoms with van der Waals surface area (Å²) in [6.45, 7) is 5.04. The van der Waals surface area contributed by atoms with Crippen molar-refractivity contribution in [3.63, 3.8) is 0 Å². The molecule has 0 aliphatic rings. The van der Waals surface area contributed by atoms with E-state index in [4.69, 9.17) is 9.47 Å². The Hall–Kier alpha value is -2.77. The Bertz CT molecular complexity index is 615. The van der Waals surface area contributed by atoms with Gasteiger partial charge in [0.15, 0.2) is 17.6 Å². The highest BCUT2D eigenvalue weighted by molar-refractivity contribution is 5.96. The minimum absolute atomic E-state index is 0.0972. The molecule has 0 aliphatic carbocycles. The average Bonchev–Trinajstić information content (AvgIpc) is 2.53. The number of amides is 3. The highest BCUT2D eigenvalue weighted by Gasteiger charge is 2.20. The summed E-state index contributed by atoms with van der Waals surface area (Å²) in [4.78, 5) is 35.0. The van der Waals surface area contributed by atoms with Gasteiger partial charge in [0.25, 0.3) is 5.91 Å². The summed E-state index contributed by atoms with van der Waals surface area (Å²) in [5, 5.41) is 4.72. The van der Waals surface area contributed by atoms with E-state index in [1.165, 1.54) is 39.3 Å². The van der Waals surface area contributed by atoms with Crippen molar-refractivity contribution < 1.29 is 28.6 Å². The van der Waals surface area contributed by atoms with E-state index < -0.39 is 24.0 Å². The number of ether oxygens (including phenoxy) is 3. The van der Waals surface area contributed by atoms with Crippen molar-refractivity contribution in [1.82, 2.24) is 10.6 Å². The Morgan fingerprint density at radius 1 is 1.04 bits per heavy atom. The zero-order valence-corrected chi connectivity index (χ0v) is 14.3. The van der Waals surface area contributed by atoms with Crippen molar-refractivity contribution in [3.05, 3.63) is 23.8 Å². The fourth-order valence-electron chi connectivity index (χ4n) is 1.77. The Balaban J connectivity index is 2.79. The van der Waals surface area contributed by atoms with Gasteiger partial charge in [-0.25, -0.2) is 9.59 Å². The average molecular weight is 338 g/mol. The highest BCUT2D eigenvalue weighted by atomic mass is 16.5. The summed E-state index contributed by atoms with van der Waals surface area (Å²) in [6.07, 6.45) is -0.944. The molecular weight excluding hydrogens is 316 g/mol. The smallest absolute Gasteiger partial charge is 0.337 e. The fraction of sp³-hybridized carbons (Fsp3) is 0.438. The number of hydrogen-bond donors (Lipinski definition) is 2. The fourth-order valence-corrected chi connectivity index (χ4v) is 1.77. The molecule has 0 radical (unpaired) electrons. The highest BCUT2D eigenvalue weighted by Crippen LogP contribution is 2.29. The van der Waals surface area contributed by atoms with E-state index >= 15 is 0 Å². The Morgan fingerprint density at radius 2 is 1.71 bits per heavy atom. The second kappa shape index (κ2) is 8.76. The predicted molar refractivity (Wildman–Crippen MR) is 86.2 cm³/mol. The van der Waals surface area contributed by atoms with Crippen LogP contribution in [-0.2, 0) is 9.53 Å². The molecule has 24 heavy (non-hydrogen) atoms. The van der Waals surface area contributed by atoms with Gasteiger partial charge in [0, 0.05) is 6.04 Å². The summed E-state index contributed by atoms with van der Waals surface area (Å²) < 4.78 is 15.3. The molecule has 0 bridgehead atoms. The maximum atomic E-state index is 11.9. The summed E-state index contributed by atoms with van der Waals surface area (Å²) in [5.74, 6) is -0.593. The third kappa shape index (κ3) is 5.45. The Labute approximate surface area is 140 Å². The molecule has 1 atom stereocenters. The Morgan fingerprint density at radius 3 is 2.25 bits per heavy atom. The predicted octanol–water partition coefficient (Wildman–Crippen LogP) is 1.48. The van der Waals surface area contributed by atoms with Gasteiger partial charge in [-0.2, -0.15) is 0 Å². The maximum Gasteiger partial charge on any atom is 0.337 e. The number of imide groups is 1. The molecule has 8 heteroatoms. The molecule has 1 rings (SSSR count). The van der Waals surface area contributed by atoms with Crippen LogP contribution in [-0.4, -0.2) is 44.3 Å². The van der Waals surface area contributed by atoms with Crippen LogP contribution >= 0.6 is 0 Å². The second-order valence-corrected chi connectivity index (χ2v) is 5.23. The lowest BCUT2D eigenvalue weighted by molar-refractivity contribution is -0.126. The van der Waals surface area contributed by atoms with E-state index in [2.05, 4.69) is 15.4 Å². The number of methoxy groups -OCH3 is 2. The van der Waals surface area contributed by atoms with Crippen molar-refractivity contribution >= 4 is 17.9 Å². The lowest BCUT2D eigenvalue weighted by atomic mass is 10.2. The molecule has 1 aromatic carbocycles. The monoisotopic (exact) mass is 338 g/mol. The number of nitrogens with one attached hydrogen (secondary N) is 2. The number of hydrogen-bond acceptors (Lipinski definition) is 6. The molecule has 2 N–H and O–H groups in total. The third-order valence-electron chi connectivity index (χ3n) is 2.91. The van der Waals surface area contributed by atoms with Crippen LogP contribution in [0.5, 0.6) is 11.5 Å². The van der Waals surface area contributed by atoms with E-state index in [9.17, 15) is 14.4 Å². The molecular formula is C16H22N2O6. The van der Waals surface area contributed by atoms with Gasteiger partial charge in [0.05, 0.1) is 19.8 Å². The van der Waals surface area contributed by atoms with Crippen molar-refractivity contribution in [3.8, 4) is 11.5 Å². The van der Waals surface area contributed by atoms with Crippen molar-refractivity contribution in [2.75, 3.05) is 14.2 Å². The van der Waals surface area contributed by atoms with Crippen molar-refractivity contribution in [2.45, 2.75) is 32.9 Å². The molecule has 0 saturated heterocycles. The number of esters is 1. The molecule has 132 valence electrons. The van der Waals surface area contributed by atoms with Crippen LogP contribution in [0.25, 0.3) is 0 Å². The first kappa shape index (κ1) is 19.3. The van der Waals surface area contributed by atoms with E-state index in [-0.39, 0.29) is 23.1 Å². The topological polar surface area (TPSA) is 103 Å². The summed E-state index contributed by atoms with van der Waals surface area (Å²) >= 11 is 0. The Kier molecular flexibility index (Phi) is 7.03.